The Bertz CT molecular complexity index is 705. The van der Waals surface area contributed by atoms with Gasteiger partial charge in [0.25, 0.3) is 5.91 Å². The lowest BCUT2D eigenvalue weighted by Gasteiger charge is -2.27. The van der Waals surface area contributed by atoms with Crippen LogP contribution in [0.1, 0.15) is 62.4 Å². The van der Waals surface area contributed by atoms with Gasteiger partial charge >= 0.3 is 0 Å². The fraction of sp³-hybridized carbons (Fsp3) is 0.611. The largest absolute Gasteiger partial charge is 0.347 e. The zero-order valence-corrected chi connectivity index (χ0v) is 15.9. The quantitative estimate of drug-likeness (QED) is 0.885. The van der Waals surface area contributed by atoms with Crippen molar-refractivity contribution in [3.63, 3.8) is 0 Å². The van der Waals surface area contributed by atoms with Crippen molar-refractivity contribution in [1.29, 1.82) is 0 Å². The molecule has 0 atom stereocenters. The number of amides is 1. The van der Waals surface area contributed by atoms with E-state index >= 15 is 0 Å². The van der Waals surface area contributed by atoms with Crippen LogP contribution < -0.4 is 5.32 Å². The standard InChI is InChI=1S/C18H28N2O3S/c1-5-18(3,4)19-17(21)15-10-9-14(2)16(13-15)24(22,23)20-11-7-6-8-12-20/h9-10,13H,5-8,11-12H2,1-4H3,(H,19,21). The maximum atomic E-state index is 12.9. The lowest BCUT2D eigenvalue weighted by molar-refractivity contribution is 0.0911. The summed E-state index contributed by atoms with van der Waals surface area (Å²) in [6, 6.07) is 4.91. The first kappa shape index (κ1) is 18.9. The summed E-state index contributed by atoms with van der Waals surface area (Å²) in [5.74, 6) is -0.239. The van der Waals surface area contributed by atoms with Crippen molar-refractivity contribution in [2.24, 2.45) is 0 Å². The first-order chi connectivity index (χ1) is 11.2. The molecule has 0 radical (unpaired) electrons. The fourth-order valence-corrected chi connectivity index (χ4v) is 4.50. The summed E-state index contributed by atoms with van der Waals surface area (Å²) in [6.45, 7) is 8.78. The Morgan fingerprint density at radius 2 is 1.83 bits per heavy atom. The van der Waals surface area contributed by atoms with E-state index in [2.05, 4.69) is 5.32 Å². The molecule has 0 saturated carbocycles. The molecular weight excluding hydrogens is 324 g/mol. The zero-order valence-electron chi connectivity index (χ0n) is 15.1. The maximum Gasteiger partial charge on any atom is 0.251 e. The first-order valence-electron chi connectivity index (χ1n) is 8.61. The van der Waals surface area contributed by atoms with Crippen LogP contribution in [0.5, 0.6) is 0 Å². The third-order valence-corrected chi connectivity index (χ3v) is 6.76. The highest BCUT2D eigenvalue weighted by atomic mass is 32.2. The summed E-state index contributed by atoms with van der Waals surface area (Å²) in [5.41, 5.74) is 0.734. The van der Waals surface area contributed by atoms with Gasteiger partial charge in [-0.25, -0.2) is 8.42 Å². The number of carbonyl (C=O) groups excluding carboxylic acids is 1. The van der Waals surface area contributed by atoms with Crippen LogP contribution in [0.15, 0.2) is 23.1 Å². The molecule has 1 fully saturated rings. The van der Waals surface area contributed by atoms with Gasteiger partial charge in [-0.3, -0.25) is 4.79 Å². The summed E-state index contributed by atoms with van der Waals surface area (Å²) in [7, 11) is -3.54. The molecule has 0 aliphatic carbocycles. The van der Waals surface area contributed by atoms with Crippen LogP contribution in [0.4, 0.5) is 0 Å². The van der Waals surface area contributed by atoms with Crippen molar-refractivity contribution in [1.82, 2.24) is 9.62 Å². The molecule has 5 nitrogen and oxygen atoms in total. The van der Waals surface area contributed by atoms with Crippen LogP contribution >= 0.6 is 0 Å². The molecule has 1 saturated heterocycles. The van der Waals surface area contributed by atoms with E-state index < -0.39 is 10.0 Å². The van der Waals surface area contributed by atoms with E-state index in [1.54, 1.807) is 19.1 Å². The second kappa shape index (κ2) is 7.23. The van der Waals surface area contributed by atoms with Crippen molar-refractivity contribution in [3.05, 3.63) is 29.3 Å². The minimum atomic E-state index is -3.54. The van der Waals surface area contributed by atoms with E-state index in [1.807, 2.05) is 20.8 Å². The Balaban J connectivity index is 2.33. The molecule has 1 amide bonds. The van der Waals surface area contributed by atoms with Gasteiger partial charge in [-0.05, 0) is 57.7 Å². The van der Waals surface area contributed by atoms with E-state index in [1.165, 1.54) is 10.4 Å². The topological polar surface area (TPSA) is 66.5 Å². The van der Waals surface area contributed by atoms with Gasteiger partial charge in [0, 0.05) is 24.2 Å². The molecule has 1 aromatic carbocycles. The molecule has 1 heterocycles. The average molecular weight is 353 g/mol. The molecule has 1 aromatic rings. The normalized spacial score (nSPS) is 16.8. The number of hydrogen-bond acceptors (Lipinski definition) is 3. The van der Waals surface area contributed by atoms with Crippen LogP contribution in [-0.4, -0.2) is 37.3 Å². The van der Waals surface area contributed by atoms with Gasteiger partial charge in [-0.15, -0.1) is 0 Å². The Labute approximate surface area is 145 Å². The highest BCUT2D eigenvalue weighted by Crippen LogP contribution is 2.24. The Morgan fingerprint density at radius 1 is 1.21 bits per heavy atom. The summed E-state index contributed by atoms with van der Waals surface area (Å²) in [6.07, 6.45) is 3.65. The lowest BCUT2D eigenvalue weighted by atomic mass is 10.0. The Hall–Kier alpha value is -1.40. The van der Waals surface area contributed by atoms with Crippen LogP contribution in [0, 0.1) is 6.92 Å². The van der Waals surface area contributed by atoms with Gasteiger partial charge in [-0.1, -0.05) is 19.4 Å². The second-order valence-corrected chi connectivity index (χ2v) is 9.04. The van der Waals surface area contributed by atoms with Gasteiger partial charge < -0.3 is 5.32 Å². The molecule has 6 heteroatoms. The van der Waals surface area contributed by atoms with E-state index in [0.717, 1.165) is 25.7 Å². The van der Waals surface area contributed by atoms with Crippen LogP contribution in [0.3, 0.4) is 0 Å². The monoisotopic (exact) mass is 352 g/mol. The molecule has 134 valence electrons. The smallest absolute Gasteiger partial charge is 0.251 e. The highest BCUT2D eigenvalue weighted by molar-refractivity contribution is 7.89. The van der Waals surface area contributed by atoms with Crippen molar-refractivity contribution >= 4 is 15.9 Å². The van der Waals surface area contributed by atoms with Gasteiger partial charge in [-0.2, -0.15) is 4.31 Å². The average Bonchev–Trinajstić information content (AvgIpc) is 2.55. The van der Waals surface area contributed by atoms with Crippen molar-refractivity contribution in [3.8, 4) is 0 Å². The summed E-state index contributed by atoms with van der Waals surface area (Å²) in [4.78, 5) is 12.7. The van der Waals surface area contributed by atoms with E-state index in [9.17, 15) is 13.2 Å². The second-order valence-electron chi connectivity index (χ2n) is 7.14. The number of sulfonamides is 1. The van der Waals surface area contributed by atoms with Gasteiger partial charge in [0.15, 0.2) is 0 Å². The van der Waals surface area contributed by atoms with E-state index in [-0.39, 0.29) is 16.3 Å². The van der Waals surface area contributed by atoms with Gasteiger partial charge in [0.2, 0.25) is 10.0 Å². The number of rotatable bonds is 5. The molecule has 0 bridgehead atoms. The SMILES string of the molecule is CCC(C)(C)NC(=O)c1ccc(C)c(S(=O)(=O)N2CCCCC2)c1. The fourth-order valence-electron chi connectivity index (χ4n) is 2.73. The summed E-state index contributed by atoms with van der Waals surface area (Å²) < 4.78 is 27.4. The summed E-state index contributed by atoms with van der Waals surface area (Å²) >= 11 is 0. The number of aryl methyl sites for hydroxylation is 1. The molecule has 2 rings (SSSR count). The molecule has 0 aromatic heterocycles. The number of hydrogen-bond donors (Lipinski definition) is 1. The number of piperidine rings is 1. The number of nitrogens with zero attached hydrogens (tertiary/aromatic N) is 1. The molecule has 1 aliphatic rings. The van der Waals surface area contributed by atoms with Crippen LogP contribution in [0.25, 0.3) is 0 Å². The summed E-state index contributed by atoms with van der Waals surface area (Å²) in [5, 5.41) is 2.95. The van der Waals surface area contributed by atoms with Crippen molar-refractivity contribution in [2.45, 2.75) is 63.8 Å². The molecule has 1 aliphatic heterocycles. The number of benzene rings is 1. The van der Waals surface area contributed by atoms with Crippen LogP contribution in [0.2, 0.25) is 0 Å². The third kappa shape index (κ3) is 4.16. The van der Waals surface area contributed by atoms with E-state index in [0.29, 0.717) is 24.2 Å². The lowest BCUT2D eigenvalue weighted by Crippen LogP contribution is -2.42. The highest BCUT2D eigenvalue weighted by Gasteiger charge is 2.28. The molecule has 0 spiro atoms. The maximum absolute atomic E-state index is 12.9. The van der Waals surface area contributed by atoms with E-state index in [4.69, 9.17) is 0 Å². The Kier molecular flexibility index (Phi) is 5.71. The number of carbonyl (C=O) groups is 1. The first-order valence-corrected chi connectivity index (χ1v) is 10.0. The molecule has 24 heavy (non-hydrogen) atoms. The molecular formula is C18H28N2O3S. The Morgan fingerprint density at radius 3 is 2.42 bits per heavy atom. The third-order valence-electron chi connectivity index (χ3n) is 4.72. The molecule has 1 N–H and O–H groups in total. The zero-order chi connectivity index (χ0) is 18.0. The molecule has 0 unspecified atom stereocenters. The van der Waals surface area contributed by atoms with Gasteiger partial charge in [0.05, 0.1) is 4.90 Å². The predicted octanol–water partition coefficient (Wildman–Crippen LogP) is 3.09. The van der Waals surface area contributed by atoms with Crippen molar-refractivity contribution in [2.75, 3.05) is 13.1 Å². The predicted molar refractivity (Wildman–Crippen MR) is 95.6 cm³/mol. The van der Waals surface area contributed by atoms with Gasteiger partial charge in [0.1, 0.15) is 0 Å². The van der Waals surface area contributed by atoms with Crippen molar-refractivity contribution < 1.29 is 13.2 Å². The minimum Gasteiger partial charge on any atom is -0.347 e. The van der Waals surface area contributed by atoms with Crippen LogP contribution in [-0.2, 0) is 10.0 Å². The number of nitrogens with one attached hydrogen (secondary N) is 1. The minimum absolute atomic E-state index is 0.239.